The minimum atomic E-state index is 0.486. The smallest absolute Gasteiger partial charge is 0.220 e. The van der Waals surface area contributed by atoms with E-state index in [1.807, 2.05) is 4.57 Å². The Balaban J connectivity index is 2.35. The predicted octanol–water partition coefficient (Wildman–Crippen LogP) is 2.35. The Labute approximate surface area is 89.5 Å². The molecule has 3 N–H and O–H groups in total. The fraction of sp³-hybridized carbons (Fsp3) is 0.778. The van der Waals surface area contributed by atoms with Crippen LogP contribution in [0.15, 0.2) is 0 Å². The molecule has 0 bridgehead atoms. The number of H-pyrrole nitrogens is 1. The number of aromatic amines is 1. The van der Waals surface area contributed by atoms with E-state index in [-0.39, 0.29) is 0 Å². The lowest BCUT2D eigenvalue weighted by molar-refractivity contribution is 0.509. The lowest BCUT2D eigenvalue weighted by Gasteiger charge is -2.05. The molecule has 0 saturated carbocycles. The third kappa shape index (κ3) is 3.14. The largest absolute Gasteiger partial charge is 0.368 e. The molecule has 1 aromatic heterocycles. The normalized spacial score (nSPS) is 11.1. The summed E-state index contributed by atoms with van der Waals surface area (Å²) in [5.41, 5.74) is 5.64. The number of nitrogens with two attached hydrogens (primary N) is 1. The van der Waals surface area contributed by atoms with Crippen LogP contribution in [0.1, 0.15) is 33.1 Å². The maximum atomic E-state index is 5.64. The zero-order valence-corrected chi connectivity index (χ0v) is 9.60. The summed E-state index contributed by atoms with van der Waals surface area (Å²) in [6.45, 7) is 5.34. The molecule has 0 unspecified atom stereocenters. The molecule has 0 radical (unpaired) electrons. The van der Waals surface area contributed by atoms with E-state index in [1.54, 1.807) is 0 Å². The summed E-state index contributed by atoms with van der Waals surface area (Å²) in [5.74, 6) is 1.25. The Morgan fingerprint density at radius 3 is 2.71 bits per heavy atom. The molecule has 1 aromatic rings. The SMILES string of the molecule is CC(C)CCCCn1c(N)n[nH]c1=S. The second-order valence-electron chi connectivity index (χ2n) is 3.93. The molecule has 0 aliphatic rings. The minimum absolute atomic E-state index is 0.486. The van der Waals surface area contributed by atoms with Gasteiger partial charge in [-0.15, -0.1) is 5.10 Å². The number of nitrogens with zero attached hydrogens (tertiary/aromatic N) is 2. The molecule has 0 atom stereocenters. The first-order chi connectivity index (χ1) is 6.61. The van der Waals surface area contributed by atoms with Gasteiger partial charge in [0, 0.05) is 6.54 Å². The molecular weight excluding hydrogens is 196 g/mol. The van der Waals surface area contributed by atoms with Crippen LogP contribution in [0.4, 0.5) is 5.95 Å². The summed E-state index contributed by atoms with van der Waals surface area (Å²) in [7, 11) is 0. The zero-order chi connectivity index (χ0) is 10.6. The van der Waals surface area contributed by atoms with Crippen LogP contribution in [0.2, 0.25) is 0 Å². The molecule has 14 heavy (non-hydrogen) atoms. The Bertz CT molecular complexity index is 326. The summed E-state index contributed by atoms with van der Waals surface area (Å²) in [5, 5.41) is 6.53. The van der Waals surface area contributed by atoms with E-state index in [0.717, 1.165) is 18.9 Å². The quantitative estimate of drug-likeness (QED) is 0.584. The number of rotatable bonds is 5. The zero-order valence-electron chi connectivity index (χ0n) is 8.79. The Kier molecular flexibility index (Phi) is 4.13. The van der Waals surface area contributed by atoms with E-state index < -0.39 is 0 Å². The second-order valence-corrected chi connectivity index (χ2v) is 4.31. The number of hydrogen-bond donors (Lipinski definition) is 2. The van der Waals surface area contributed by atoms with Gasteiger partial charge in [-0.05, 0) is 24.6 Å². The number of unbranched alkanes of at least 4 members (excludes halogenated alkanes) is 1. The fourth-order valence-electron chi connectivity index (χ4n) is 1.37. The molecule has 1 heterocycles. The highest BCUT2D eigenvalue weighted by atomic mass is 32.1. The van der Waals surface area contributed by atoms with E-state index in [1.165, 1.54) is 12.8 Å². The highest BCUT2D eigenvalue weighted by molar-refractivity contribution is 7.71. The van der Waals surface area contributed by atoms with Gasteiger partial charge in [-0.2, -0.15) is 0 Å². The second kappa shape index (κ2) is 5.14. The highest BCUT2D eigenvalue weighted by Crippen LogP contribution is 2.08. The molecule has 80 valence electrons. The minimum Gasteiger partial charge on any atom is -0.368 e. The topological polar surface area (TPSA) is 59.6 Å². The Morgan fingerprint density at radius 2 is 2.21 bits per heavy atom. The Hall–Kier alpha value is -0.840. The van der Waals surface area contributed by atoms with Crippen molar-refractivity contribution in [1.29, 1.82) is 0 Å². The number of nitrogen functional groups attached to an aromatic ring is 1. The first-order valence-electron chi connectivity index (χ1n) is 5.02. The number of nitrogens with one attached hydrogen (secondary N) is 1. The van der Waals surface area contributed by atoms with Crippen LogP contribution in [-0.4, -0.2) is 14.8 Å². The van der Waals surface area contributed by atoms with Crippen LogP contribution in [0, 0.1) is 10.7 Å². The van der Waals surface area contributed by atoms with Gasteiger partial charge in [0.05, 0.1) is 0 Å². The van der Waals surface area contributed by atoms with E-state index in [2.05, 4.69) is 24.0 Å². The lowest BCUT2D eigenvalue weighted by Crippen LogP contribution is -2.04. The molecule has 4 nitrogen and oxygen atoms in total. The van der Waals surface area contributed by atoms with Crippen molar-refractivity contribution in [3.05, 3.63) is 4.77 Å². The van der Waals surface area contributed by atoms with Crippen molar-refractivity contribution in [2.24, 2.45) is 5.92 Å². The van der Waals surface area contributed by atoms with Gasteiger partial charge in [0.2, 0.25) is 5.95 Å². The van der Waals surface area contributed by atoms with Gasteiger partial charge in [0.15, 0.2) is 4.77 Å². The van der Waals surface area contributed by atoms with Gasteiger partial charge in [-0.25, -0.2) is 5.10 Å². The molecule has 0 saturated heterocycles. The molecule has 0 aliphatic carbocycles. The molecule has 0 aliphatic heterocycles. The molecule has 5 heteroatoms. The number of aromatic nitrogens is 3. The molecule has 0 spiro atoms. The van der Waals surface area contributed by atoms with Crippen LogP contribution in [-0.2, 0) is 6.54 Å². The first kappa shape index (κ1) is 11.2. The molecule has 1 rings (SSSR count). The van der Waals surface area contributed by atoms with Crippen molar-refractivity contribution >= 4 is 18.2 Å². The molecule has 0 amide bonds. The van der Waals surface area contributed by atoms with Crippen molar-refractivity contribution in [2.45, 2.75) is 39.7 Å². The summed E-state index contributed by atoms with van der Waals surface area (Å²) in [6, 6.07) is 0. The van der Waals surface area contributed by atoms with Crippen LogP contribution in [0.5, 0.6) is 0 Å². The highest BCUT2D eigenvalue weighted by Gasteiger charge is 2.01. The summed E-state index contributed by atoms with van der Waals surface area (Å²) in [6.07, 6.45) is 3.57. The Morgan fingerprint density at radius 1 is 1.50 bits per heavy atom. The van der Waals surface area contributed by atoms with Gasteiger partial charge in [0.1, 0.15) is 0 Å². The van der Waals surface area contributed by atoms with Crippen molar-refractivity contribution < 1.29 is 0 Å². The van der Waals surface area contributed by atoms with Crippen molar-refractivity contribution in [1.82, 2.24) is 14.8 Å². The third-order valence-corrected chi connectivity index (χ3v) is 2.51. The molecule has 0 fully saturated rings. The fourth-order valence-corrected chi connectivity index (χ4v) is 1.60. The van der Waals surface area contributed by atoms with E-state index in [9.17, 15) is 0 Å². The van der Waals surface area contributed by atoms with E-state index >= 15 is 0 Å². The van der Waals surface area contributed by atoms with Crippen LogP contribution < -0.4 is 5.73 Å². The standard InChI is InChI=1S/C9H18N4S/c1-7(2)5-3-4-6-13-8(10)11-12-9(13)14/h7H,3-6H2,1-2H3,(H2,10,11)(H,12,14). The lowest BCUT2D eigenvalue weighted by atomic mass is 10.1. The summed E-state index contributed by atoms with van der Waals surface area (Å²) >= 11 is 5.04. The van der Waals surface area contributed by atoms with Crippen LogP contribution >= 0.6 is 12.2 Å². The van der Waals surface area contributed by atoms with Crippen LogP contribution in [0.25, 0.3) is 0 Å². The monoisotopic (exact) mass is 214 g/mol. The predicted molar refractivity (Wildman–Crippen MR) is 60.5 cm³/mol. The maximum Gasteiger partial charge on any atom is 0.220 e. The molecule has 0 aromatic carbocycles. The summed E-state index contributed by atoms with van der Waals surface area (Å²) < 4.78 is 2.46. The third-order valence-electron chi connectivity index (χ3n) is 2.20. The van der Waals surface area contributed by atoms with Gasteiger partial charge >= 0.3 is 0 Å². The maximum absolute atomic E-state index is 5.64. The van der Waals surface area contributed by atoms with Crippen molar-refractivity contribution in [3.8, 4) is 0 Å². The number of hydrogen-bond acceptors (Lipinski definition) is 3. The number of anilines is 1. The first-order valence-corrected chi connectivity index (χ1v) is 5.42. The summed E-state index contributed by atoms with van der Waals surface area (Å²) in [4.78, 5) is 0. The van der Waals surface area contributed by atoms with Crippen molar-refractivity contribution in [3.63, 3.8) is 0 Å². The average Bonchev–Trinajstić information content (AvgIpc) is 2.42. The van der Waals surface area contributed by atoms with Crippen molar-refractivity contribution in [2.75, 3.05) is 5.73 Å². The molecular formula is C9H18N4S. The van der Waals surface area contributed by atoms with Crippen LogP contribution in [0.3, 0.4) is 0 Å². The van der Waals surface area contributed by atoms with E-state index in [0.29, 0.717) is 10.7 Å². The van der Waals surface area contributed by atoms with Gasteiger partial charge in [-0.1, -0.05) is 26.7 Å². The van der Waals surface area contributed by atoms with Gasteiger partial charge in [-0.3, -0.25) is 4.57 Å². The average molecular weight is 214 g/mol. The van der Waals surface area contributed by atoms with Gasteiger partial charge in [0.25, 0.3) is 0 Å². The van der Waals surface area contributed by atoms with E-state index in [4.69, 9.17) is 18.0 Å². The van der Waals surface area contributed by atoms with Gasteiger partial charge < -0.3 is 5.73 Å².